The molecular weight excluding hydrogens is 1770 g/mol. The first-order valence-electron chi connectivity index (χ1n) is 50.9. The third kappa shape index (κ3) is 12.5. The smallest absolute Gasteiger partial charge is 0.160 e. The van der Waals surface area contributed by atoms with Crippen molar-refractivity contribution in [2.75, 3.05) is 0 Å². The predicted molar refractivity (Wildman–Crippen MR) is 608 cm³/mol. The Labute approximate surface area is 844 Å². The summed E-state index contributed by atoms with van der Waals surface area (Å²) >= 11 is 0. The monoisotopic (exact) mass is 1860 g/mol. The van der Waals surface area contributed by atoms with Crippen molar-refractivity contribution in [2.24, 2.45) is 0 Å². The van der Waals surface area contributed by atoms with Gasteiger partial charge in [-0.1, -0.05) is 339 Å². The van der Waals surface area contributed by atoms with Crippen molar-refractivity contribution in [1.29, 1.82) is 0 Å². The fraction of sp³-hybridized carbons (Fsp3) is 0.0647. The zero-order valence-corrected chi connectivity index (χ0v) is 81.5. The van der Waals surface area contributed by atoms with Crippen molar-refractivity contribution in [2.45, 2.75) is 57.8 Å². The fourth-order valence-corrected chi connectivity index (χ4v) is 25.6. The van der Waals surface area contributed by atoms with Gasteiger partial charge in [-0.3, -0.25) is 0 Å². The molecule has 7 heteroatoms. The van der Waals surface area contributed by atoms with E-state index in [0.717, 1.165) is 162 Å². The minimum atomic E-state index is -0.361. The van der Waals surface area contributed by atoms with E-state index in [2.05, 4.69) is 515 Å². The van der Waals surface area contributed by atoms with Crippen LogP contribution in [0.4, 0.5) is 0 Å². The highest BCUT2D eigenvalue weighted by Crippen LogP contribution is 2.58. The van der Waals surface area contributed by atoms with Crippen molar-refractivity contribution in [3.63, 3.8) is 0 Å². The Morgan fingerprint density at radius 1 is 0.178 bits per heavy atom. The first-order chi connectivity index (χ1) is 71.6. The molecule has 0 spiro atoms. The second kappa shape index (κ2) is 31.3. The van der Waals surface area contributed by atoms with Crippen LogP contribution in [-0.2, 0) is 16.2 Å². The lowest BCUT2D eigenvalue weighted by Crippen LogP contribution is -2.15. The van der Waals surface area contributed by atoms with Gasteiger partial charge in [-0.2, -0.15) is 0 Å². The molecule has 0 saturated heterocycles. The van der Waals surface area contributed by atoms with Gasteiger partial charge >= 0.3 is 0 Å². The number of rotatable bonds is 13. The molecule has 7 nitrogen and oxygen atoms in total. The Hall–Kier alpha value is -18.3. The lowest BCUT2D eigenvalue weighted by molar-refractivity contribution is 0.661. The van der Waals surface area contributed by atoms with Gasteiger partial charge in [0.05, 0.1) is 55.5 Å². The van der Waals surface area contributed by atoms with Crippen LogP contribution in [0.15, 0.2) is 465 Å². The van der Waals surface area contributed by atoms with Crippen LogP contribution < -0.4 is 0 Å². The van der Waals surface area contributed by atoms with E-state index in [1.54, 1.807) is 0 Å². The Balaban J connectivity index is 0.550. The average Bonchev–Trinajstić information content (AvgIpc) is 1.55. The summed E-state index contributed by atoms with van der Waals surface area (Å²) in [6.45, 7) is 14.4. The molecule has 686 valence electrons. The fourth-order valence-electron chi connectivity index (χ4n) is 25.6. The number of fused-ring (bicyclic) bond motifs is 24. The van der Waals surface area contributed by atoms with E-state index < -0.39 is 0 Å². The molecule has 6 heterocycles. The van der Waals surface area contributed by atoms with Crippen molar-refractivity contribution in [3.05, 3.63) is 494 Å². The van der Waals surface area contributed by atoms with Crippen molar-refractivity contribution >= 4 is 109 Å². The van der Waals surface area contributed by atoms with Crippen LogP contribution in [0.3, 0.4) is 0 Å². The third-order valence-electron chi connectivity index (χ3n) is 32.7. The number of aromatic nitrogens is 6. The van der Waals surface area contributed by atoms with Gasteiger partial charge in [-0.15, -0.1) is 0 Å². The molecule has 0 saturated carbocycles. The van der Waals surface area contributed by atoms with Crippen molar-refractivity contribution in [1.82, 2.24) is 28.2 Å². The quantitative estimate of drug-likeness (QED) is 0.116. The maximum atomic E-state index is 7.18. The Kier molecular flexibility index (Phi) is 17.9. The molecule has 0 unspecified atom stereocenters. The second-order valence-corrected chi connectivity index (χ2v) is 41.9. The van der Waals surface area contributed by atoms with Crippen LogP contribution in [0.2, 0.25) is 0 Å². The Morgan fingerprint density at radius 3 is 1.18 bits per heavy atom. The summed E-state index contributed by atoms with van der Waals surface area (Å²) in [7, 11) is 0. The third-order valence-corrected chi connectivity index (χ3v) is 32.7. The van der Waals surface area contributed by atoms with Crippen LogP contribution in [0.25, 0.3) is 266 Å². The molecule has 0 atom stereocenters. The van der Waals surface area contributed by atoms with E-state index in [-0.39, 0.29) is 16.2 Å². The summed E-state index contributed by atoms with van der Waals surface area (Å²) in [5.41, 5.74) is 48.6. The van der Waals surface area contributed by atoms with Gasteiger partial charge in [-0.05, 0) is 292 Å². The first kappa shape index (κ1) is 83.5. The highest BCUT2D eigenvalue weighted by molar-refractivity contribution is 6.21. The van der Waals surface area contributed by atoms with Gasteiger partial charge in [0.25, 0.3) is 0 Å². The van der Waals surface area contributed by atoms with E-state index in [1.807, 2.05) is 6.07 Å². The normalized spacial score (nSPS) is 13.6. The molecule has 21 aromatic carbocycles. The number of hydrogen-bond acceptors (Lipinski definition) is 3. The number of nitrogens with zero attached hydrogens (tertiary/aromatic N) is 6. The minimum Gasteiger partial charge on any atom is -0.455 e. The molecule has 0 aliphatic heterocycles. The van der Waals surface area contributed by atoms with E-state index in [9.17, 15) is 0 Å². The second-order valence-electron chi connectivity index (χ2n) is 41.9. The standard InChI is InChI=1S/C139H94N6O/c1-137(2)117-53-23-19-46-102(117)108-76-113-105-49-22-26-56-126(105)143(130(113)79-120(108)137)97-44-28-40-91(68-97)101-51-30-52-106-115-75-92(61-65-133(115)146-135(101)106)100-50-31-57-129-134(100)116-78-109-103-47-20-24-54-118(103)138(3,4)121(109)81-132(116)145(129)99-70-94(83-32-11-7-12-33-83)67-95(71-99)87-39-27-38-86(66-87)88-58-62-119-107(72-88)110-77-114-112-74-90(89-59-63-127-111(73-89)104-48-21-25-55-125(104)142(127)96-42-17-10-18-43-96)60-64-128(112)144(131(114)80-122(110)139(119,5)6)98-45-29-41-93(69-98)124-82-123(84-34-13-8-14-35-84)140-136(141-124)85-36-15-9-16-37-85/h7-82H,1-6H3. The molecule has 6 aromatic heterocycles. The zero-order chi connectivity index (χ0) is 96.8. The molecule has 0 N–H and O–H groups in total. The van der Waals surface area contributed by atoms with Crippen LogP contribution in [0.1, 0.15) is 74.9 Å². The maximum Gasteiger partial charge on any atom is 0.160 e. The lowest BCUT2D eigenvalue weighted by Gasteiger charge is -2.22. The van der Waals surface area contributed by atoms with Gasteiger partial charge < -0.3 is 22.7 Å². The molecule has 0 amide bonds. The highest BCUT2D eigenvalue weighted by atomic mass is 16.3. The van der Waals surface area contributed by atoms with Crippen LogP contribution >= 0.6 is 0 Å². The first-order valence-corrected chi connectivity index (χ1v) is 50.9. The molecular formula is C139H94N6O. The molecule has 146 heavy (non-hydrogen) atoms. The molecule has 0 bridgehead atoms. The van der Waals surface area contributed by atoms with Gasteiger partial charge in [0, 0.05) is 115 Å². The van der Waals surface area contributed by atoms with E-state index >= 15 is 0 Å². The number of hydrogen-bond donors (Lipinski definition) is 0. The van der Waals surface area contributed by atoms with Crippen LogP contribution in [0.5, 0.6) is 0 Å². The van der Waals surface area contributed by atoms with E-state index in [4.69, 9.17) is 14.4 Å². The average molecular weight is 1860 g/mol. The summed E-state index contributed by atoms with van der Waals surface area (Å²) in [5.74, 6) is 0.682. The SMILES string of the molecule is CC1(C)c2ccccc2-c2cc3c4ccccc4n(-c4cccc(-c5cccc6c5oc5ccc(-c7cccc8c7c7cc9c(cc7n8-c7cc(-c8ccccc8)cc(-c8cccc(-c%10ccc%11c(c%10)-c%10cc%12c%13cc(-c%14ccc%15c(c%14)c%14ccccc%14n%15-c%14ccccc%14)ccc%13n(-c%13cccc(-c%14cc(-c%15ccccc%15)nc(-c%15ccccc%15)n%14)c%13)c%12cc%10C%11(C)C)c8)c7)C(C)(C)c7ccccc7-9)cc56)c4)c3cc21. The molecule has 30 rings (SSSR count). The van der Waals surface area contributed by atoms with Crippen LogP contribution in [-0.4, -0.2) is 28.2 Å². The number of furan rings is 1. The zero-order valence-electron chi connectivity index (χ0n) is 81.5. The molecule has 27 aromatic rings. The van der Waals surface area contributed by atoms with Crippen molar-refractivity contribution in [3.8, 4) is 157 Å². The minimum absolute atomic E-state index is 0.147. The van der Waals surface area contributed by atoms with Gasteiger partial charge in [0.2, 0.25) is 0 Å². The Bertz CT molecular complexity index is 10200. The lowest BCUT2D eigenvalue weighted by atomic mass is 9.82. The van der Waals surface area contributed by atoms with Gasteiger partial charge in [0.15, 0.2) is 5.82 Å². The summed E-state index contributed by atoms with van der Waals surface area (Å²) < 4.78 is 17.1. The summed E-state index contributed by atoms with van der Waals surface area (Å²) in [5, 5.41) is 11.8. The molecule has 3 aliphatic rings. The molecule has 0 fully saturated rings. The Morgan fingerprint density at radius 2 is 0.541 bits per heavy atom. The number of benzene rings is 21. The molecule has 3 aliphatic carbocycles. The largest absolute Gasteiger partial charge is 0.455 e. The van der Waals surface area contributed by atoms with Gasteiger partial charge in [0.1, 0.15) is 11.2 Å². The topological polar surface area (TPSA) is 58.6 Å². The highest BCUT2D eigenvalue weighted by Gasteiger charge is 2.41. The van der Waals surface area contributed by atoms with E-state index in [1.165, 1.54) is 132 Å². The summed E-state index contributed by atoms with van der Waals surface area (Å²) in [4.78, 5) is 10.6. The maximum absolute atomic E-state index is 7.18. The van der Waals surface area contributed by atoms with Gasteiger partial charge in [-0.25, -0.2) is 9.97 Å². The van der Waals surface area contributed by atoms with E-state index in [0.29, 0.717) is 5.82 Å². The molecule has 0 radical (unpaired) electrons. The summed E-state index contributed by atoms with van der Waals surface area (Å²) in [6, 6.07) is 172. The summed E-state index contributed by atoms with van der Waals surface area (Å²) in [6.07, 6.45) is 0. The van der Waals surface area contributed by atoms with Crippen LogP contribution in [0, 0.1) is 0 Å². The predicted octanol–water partition coefficient (Wildman–Crippen LogP) is 36.7. The number of para-hydroxylation sites is 4. The van der Waals surface area contributed by atoms with Crippen molar-refractivity contribution < 1.29 is 4.42 Å².